The van der Waals surface area contributed by atoms with E-state index in [1.165, 1.54) is 6.07 Å². The number of carbonyl (C=O) groups excluding carboxylic acids is 1. The SMILES string of the molecule is Cc1nonc1CC(=O)N(C)C[C@H]1CCCN(CCc2ccccc2F)C1. The van der Waals surface area contributed by atoms with Crippen LogP contribution >= 0.6 is 0 Å². The van der Waals surface area contributed by atoms with Crippen LogP contribution in [0.4, 0.5) is 4.39 Å². The van der Waals surface area contributed by atoms with Crippen LogP contribution in [-0.2, 0) is 17.6 Å². The average Bonchev–Trinajstić information content (AvgIpc) is 3.06. The molecule has 1 aromatic heterocycles. The lowest BCUT2D eigenvalue weighted by molar-refractivity contribution is -0.130. The molecule has 27 heavy (non-hydrogen) atoms. The molecule has 1 aliphatic heterocycles. The Bertz CT molecular complexity index is 764. The summed E-state index contributed by atoms with van der Waals surface area (Å²) in [6.07, 6.45) is 3.15. The number of halogens is 1. The van der Waals surface area contributed by atoms with Gasteiger partial charge in [0.2, 0.25) is 5.91 Å². The van der Waals surface area contributed by atoms with Crippen molar-refractivity contribution in [1.29, 1.82) is 0 Å². The number of nitrogens with zero attached hydrogens (tertiary/aromatic N) is 4. The van der Waals surface area contributed by atoms with Gasteiger partial charge in [-0.05, 0) is 50.3 Å². The van der Waals surface area contributed by atoms with Crippen LogP contribution in [0.25, 0.3) is 0 Å². The van der Waals surface area contributed by atoms with E-state index < -0.39 is 0 Å². The van der Waals surface area contributed by atoms with Gasteiger partial charge in [-0.15, -0.1) is 0 Å². The zero-order valence-corrected chi connectivity index (χ0v) is 16.0. The molecule has 0 radical (unpaired) electrons. The fourth-order valence-corrected chi connectivity index (χ4v) is 3.66. The second-order valence-corrected chi connectivity index (χ2v) is 7.40. The Morgan fingerprint density at radius 3 is 2.93 bits per heavy atom. The minimum absolute atomic E-state index is 0.0253. The van der Waals surface area contributed by atoms with Crippen LogP contribution in [0, 0.1) is 18.7 Å². The van der Waals surface area contributed by atoms with Gasteiger partial charge in [-0.1, -0.05) is 28.5 Å². The predicted molar refractivity (Wildman–Crippen MR) is 99.6 cm³/mol. The molecule has 1 fully saturated rings. The van der Waals surface area contributed by atoms with Crippen LogP contribution in [0.3, 0.4) is 0 Å². The highest BCUT2D eigenvalue weighted by atomic mass is 19.1. The highest BCUT2D eigenvalue weighted by Gasteiger charge is 2.23. The lowest BCUT2D eigenvalue weighted by Crippen LogP contribution is -2.42. The first-order valence-electron chi connectivity index (χ1n) is 9.50. The fraction of sp³-hybridized carbons (Fsp3) is 0.550. The minimum Gasteiger partial charge on any atom is -0.345 e. The molecule has 146 valence electrons. The van der Waals surface area contributed by atoms with E-state index in [-0.39, 0.29) is 18.1 Å². The summed E-state index contributed by atoms with van der Waals surface area (Å²) in [7, 11) is 1.84. The standard InChI is InChI=1S/C20H27FN4O2/c1-15-19(23-27-22-15)12-20(26)24(2)13-16-6-5-10-25(14-16)11-9-17-7-3-4-8-18(17)21/h3-4,7-8,16H,5-6,9-14H2,1-2H3/t16-/m1/s1. The number of hydrogen-bond acceptors (Lipinski definition) is 5. The number of carbonyl (C=O) groups is 1. The van der Waals surface area contributed by atoms with Crippen LogP contribution in [0.2, 0.25) is 0 Å². The Balaban J connectivity index is 1.46. The third kappa shape index (κ3) is 5.35. The molecule has 2 aromatic rings. The van der Waals surface area contributed by atoms with Gasteiger partial charge in [-0.25, -0.2) is 9.02 Å². The number of aryl methyl sites for hydroxylation is 1. The lowest BCUT2D eigenvalue weighted by atomic mass is 9.97. The van der Waals surface area contributed by atoms with Crippen LogP contribution in [0.15, 0.2) is 28.9 Å². The first kappa shape index (κ1) is 19.5. The average molecular weight is 374 g/mol. The van der Waals surface area contributed by atoms with Crippen LogP contribution < -0.4 is 0 Å². The van der Waals surface area contributed by atoms with Crippen LogP contribution in [-0.4, -0.2) is 59.2 Å². The van der Waals surface area contributed by atoms with E-state index >= 15 is 0 Å². The van der Waals surface area contributed by atoms with Gasteiger partial charge in [0.1, 0.15) is 17.2 Å². The van der Waals surface area contributed by atoms with Gasteiger partial charge in [-0.2, -0.15) is 0 Å². The number of piperidine rings is 1. The largest absolute Gasteiger partial charge is 0.345 e. The Morgan fingerprint density at radius 2 is 2.19 bits per heavy atom. The quantitative estimate of drug-likeness (QED) is 0.745. The van der Waals surface area contributed by atoms with Gasteiger partial charge in [0.25, 0.3) is 0 Å². The van der Waals surface area contributed by atoms with E-state index in [0.29, 0.717) is 23.7 Å². The molecule has 1 saturated heterocycles. The van der Waals surface area contributed by atoms with Crippen molar-refractivity contribution in [1.82, 2.24) is 20.1 Å². The number of amides is 1. The van der Waals surface area contributed by atoms with Crippen LogP contribution in [0.5, 0.6) is 0 Å². The summed E-state index contributed by atoms with van der Waals surface area (Å²) in [5, 5.41) is 7.50. The molecule has 1 aromatic carbocycles. The molecule has 0 aliphatic carbocycles. The number of benzene rings is 1. The van der Waals surface area contributed by atoms with Crippen molar-refractivity contribution in [3.8, 4) is 0 Å². The summed E-state index contributed by atoms with van der Waals surface area (Å²) in [4.78, 5) is 16.6. The van der Waals surface area contributed by atoms with E-state index in [4.69, 9.17) is 0 Å². The lowest BCUT2D eigenvalue weighted by Gasteiger charge is -2.34. The highest BCUT2D eigenvalue weighted by molar-refractivity contribution is 5.78. The maximum absolute atomic E-state index is 13.8. The van der Waals surface area contributed by atoms with Gasteiger partial charge in [0.15, 0.2) is 0 Å². The van der Waals surface area contributed by atoms with Crippen molar-refractivity contribution in [2.24, 2.45) is 5.92 Å². The molecular formula is C20H27FN4O2. The van der Waals surface area contributed by atoms with Crippen LogP contribution in [0.1, 0.15) is 29.8 Å². The van der Waals surface area contributed by atoms with E-state index in [0.717, 1.165) is 44.6 Å². The zero-order valence-electron chi connectivity index (χ0n) is 16.0. The van der Waals surface area contributed by atoms with Crippen molar-refractivity contribution < 1.29 is 13.8 Å². The highest BCUT2D eigenvalue weighted by Crippen LogP contribution is 2.19. The molecule has 2 heterocycles. The summed E-state index contributed by atoms with van der Waals surface area (Å²) in [5.41, 5.74) is 2.03. The van der Waals surface area contributed by atoms with Crippen molar-refractivity contribution in [3.05, 3.63) is 47.0 Å². The molecule has 0 saturated carbocycles. The molecule has 7 heteroatoms. The molecular weight excluding hydrogens is 347 g/mol. The Kier molecular flexibility index (Phi) is 6.55. The fourth-order valence-electron chi connectivity index (χ4n) is 3.66. The predicted octanol–water partition coefficient (Wildman–Crippen LogP) is 2.47. The monoisotopic (exact) mass is 374 g/mol. The number of likely N-dealkylation sites (tertiary alicyclic amines) is 1. The Hall–Kier alpha value is -2.28. The molecule has 1 atom stereocenters. The smallest absolute Gasteiger partial charge is 0.228 e. The molecule has 0 bridgehead atoms. The van der Waals surface area contributed by atoms with Crippen molar-refractivity contribution in [2.75, 3.05) is 33.2 Å². The molecule has 0 spiro atoms. The van der Waals surface area contributed by atoms with Crippen molar-refractivity contribution in [3.63, 3.8) is 0 Å². The number of aromatic nitrogens is 2. The second kappa shape index (κ2) is 9.08. The number of hydrogen-bond donors (Lipinski definition) is 0. The Morgan fingerprint density at radius 1 is 1.37 bits per heavy atom. The van der Waals surface area contributed by atoms with Gasteiger partial charge in [0, 0.05) is 26.7 Å². The summed E-state index contributed by atoms with van der Waals surface area (Å²) < 4.78 is 18.4. The zero-order chi connectivity index (χ0) is 19.2. The van der Waals surface area contributed by atoms with Gasteiger partial charge in [0.05, 0.1) is 6.42 Å². The van der Waals surface area contributed by atoms with Gasteiger partial charge in [-0.3, -0.25) is 4.79 Å². The summed E-state index contributed by atoms with van der Waals surface area (Å²) in [6, 6.07) is 6.97. The molecule has 3 rings (SSSR count). The summed E-state index contributed by atoms with van der Waals surface area (Å²) >= 11 is 0. The maximum Gasteiger partial charge on any atom is 0.228 e. The van der Waals surface area contributed by atoms with Crippen molar-refractivity contribution >= 4 is 5.91 Å². The molecule has 6 nitrogen and oxygen atoms in total. The van der Waals surface area contributed by atoms with Crippen molar-refractivity contribution in [2.45, 2.75) is 32.6 Å². The topological polar surface area (TPSA) is 62.5 Å². The second-order valence-electron chi connectivity index (χ2n) is 7.40. The molecule has 0 N–H and O–H groups in total. The molecule has 1 aliphatic rings. The van der Waals surface area contributed by atoms with E-state index in [2.05, 4.69) is 19.8 Å². The molecule has 1 amide bonds. The normalized spacial score (nSPS) is 17.8. The number of likely N-dealkylation sites (N-methyl/N-ethyl adjacent to an activating group) is 1. The maximum atomic E-state index is 13.8. The third-order valence-electron chi connectivity index (χ3n) is 5.28. The first-order chi connectivity index (χ1) is 13.0. The van der Waals surface area contributed by atoms with E-state index in [9.17, 15) is 9.18 Å². The van der Waals surface area contributed by atoms with E-state index in [1.807, 2.05) is 19.2 Å². The third-order valence-corrected chi connectivity index (χ3v) is 5.28. The summed E-state index contributed by atoms with van der Waals surface area (Å²) in [6.45, 7) is 5.33. The Labute approximate surface area is 159 Å². The van der Waals surface area contributed by atoms with Gasteiger partial charge < -0.3 is 9.80 Å². The molecule has 0 unspecified atom stereocenters. The minimum atomic E-state index is -0.131. The van der Waals surface area contributed by atoms with Gasteiger partial charge >= 0.3 is 0 Å². The van der Waals surface area contributed by atoms with E-state index in [1.54, 1.807) is 17.9 Å². The number of rotatable bonds is 7. The first-order valence-corrected chi connectivity index (χ1v) is 9.50. The summed E-state index contributed by atoms with van der Waals surface area (Å²) in [5.74, 6) is 0.330.